The molecular weight excluding hydrogens is 196 g/mol. The molecule has 0 heterocycles. The molecule has 0 aliphatic heterocycles. The van der Waals surface area contributed by atoms with Crippen LogP contribution < -0.4 is 0 Å². The van der Waals surface area contributed by atoms with E-state index < -0.39 is 0 Å². The molecule has 0 saturated carbocycles. The van der Waals surface area contributed by atoms with Crippen molar-refractivity contribution in [1.29, 1.82) is 0 Å². The summed E-state index contributed by atoms with van der Waals surface area (Å²) in [5.41, 5.74) is -0.345. The molecule has 0 N–H and O–H groups in total. The van der Waals surface area contributed by atoms with Gasteiger partial charge in [0, 0.05) is 6.42 Å². The molecule has 0 aromatic carbocycles. The van der Waals surface area contributed by atoms with Crippen LogP contribution in [0.5, 0.6) is 0 Å². The SMILES string of the molecule is CC(C)(C)OC(=O)CCCCCCS. The van der Waals surface area contributed by atoms with Crippen molar-refractivity contribution in [2.75, 3.05) is 5.75 Å². The number of rotatable bonds is 6. The number of unbranched alkanes of at least 4 members (excludes halogenated alkanes) is 3. The Kier molecular flexibility index (Phi) is 7.06. The van der Waals surface area contributed by atoms with Crippen molar-refractivity contribution in [2.45, 2.75) is 58.5 Å². The Morgan fingerprint density at radius 3 is 2.21 bits per heavy atom. The van der Waals surface area contributed by atoms with Gasteiger partial charge in [0.05, 0.1) is 0 Å². The van der Waals surface area contributed by atoms with Crippen molar-refractivity contribution in [1.82, 2.24) is 0 Å². The zero-order valence-electron chi connectivity index (χ0n) is 9.51. The van der Waals surface area contributed by atoms with E-state index in [9.17, 15) is 4.79 Å². The smallest absolute Gasteiger partial charge is 0.306 e. The fourth-order valence-electron chi connectivity index (χ4n) is 1.13. The summed E-state index contributed by atoms with van der Waals surface area (Å²) in [5, 5.41) is 0. The van der Waals surface area contributed by atoms with Gasteiger partial charge in [-0.15, -0.1) is 0 Å². The summed E-state index contributed by atoms with van der Waals surface area (Å²) in [6.07, 6.45) is 4.87. The summed E-state index contributed by atoms with van der Waals surface area (Å²) in [6.45, 7) is 5.68. The van der Waals surface area contributed by atoms with E-state index in [0.717, 1.165) is 31.4 Å². The Labute approximate surface area is 92.8 Å². The van der Waals surface area contributed by atoms with E-state index in [1.54, 1.807) is 0 Å². The zero-order valence-corrected chi connectivity index (χ0v) is 10.4. The van der Waals surface area contributed by atoms with E-state index in [4.69, 9.17) is 4.74 Å². The normalized spacial score (nSPS) is 11.4. The highest BCUT2D eigenvalue weighted by molar-refractivity contribution is 7.80. The summed E-state index contributed by atoms with van der Waals surface area (Å²) in [6, 6.07) is 0. The van der Waals surface area contributed by atoms with Gasteiger partial charge in [-0.25, -0.2) is 0 Å². The molecule has 14 heavy (non-hydrogen) atoms. The van der Waals surface area contributed by atoms with E-state index in [0.29, 0.717) is 6.42 Å². The quantitative estimate of drug-likeness (QED) is 0.421. The van der Waals surface area contributed by atoms with E-state index in [1.807, 2.05) is 20.8 Å². The molecule has 3 heteroatoms. The molecule has 2 nitrogen and oxygen atoms in total. The number of thiol groups is 1. The van der Waals surface area contributed by atoms with Crippen LogP contribution in [0.3, 0.4) is 0 Å². The lowest BCUT2D eigenvalue weighted by atomic mass is 10.1. The Hall–Kier alpha value is -0.180. The van der Waals surface area contributed by atoms with Crippen LogP contribution in [0.4, 0.5) is 0 Å². The first kappa shape index (κ1) is 13.8. The molecule has 0 bridgehead atoms. The van der Waals surface area contributed by atoms with Gasteiger partial charge in [0.2, 0.25) is 0 Å². The lowest BCUT2D eigenvalue weighted by molar-refractivity contribution is -0.154. The maximum absolute atomic E-state index is 11.3. The number of hydrogen-bond donors (Lipinski definition) is 1. The van der Waals surface area contributed by atoms with Crippen molar-refractivity contribution in [3.8, 4) is 0 Å². The highest BCUT2D eigenvalue weighted by Crippen LogP contribution is 2.11. The fourth-order valence-corrected chi connectivity index (χ4v) is 1.35. The van der Waals surface area contributed by atoms with Crippen LogP contribution in [0.1, 0.15) is 52.9 Å². The largest absolute Gasteiger partial charge is 0.460 e. The topological polar surface area (TPSA) is 26.3 Å². The molecule has 0 fully saturated rings. The van der Waals surface area contributed by atoms with Gasteiger partial charge < -0.3 is 4.74 Å². The van der Waals surface area contributed by atoms with Crippen LogP contribution in [0.15, 0.2) is 0 Å². The molecule has 0 aliphatic carbocycles. The van der Waals surface area contributed by atoms with Crippen LogP contribution in [0, 0.1) is 0 Å². The molecule has 0 amide bonds. The van der Waals surface area contributed by atoms with E-state index in [2.05, 4.69) is 12.6 Å². The maximum Gasteiger partial charge on any atom is 0.306 e. The van der Waals surface area contributed by atoms with Gasteiger partial charge in [0.25, 0.3) is 0 Å². The zero-order chi connectivity index (χ0) is 11.0. The number of ether oxygens (including phenoxy) is 1. The fraction of sp³-hybridized carbons (Fsp3) is 0.909. The Morgan fingerprint density at radius 1 is 1.14 bits per heavy atom. The van der Waals surface area contributed by atoms with E-state index in [-0.39, 0.29) is 11.6 Å². The van der Waals surface area contributed by atoms with Crippen LogP contribution >= 0.6 is 12.6 Å². The first-order valence-corrected chi connectivity index (χ1v) is 5.91. The monoisotopic (exact) mass is 218 g/mol. The third-order valence-corrected chi connectivity index (χ3v) is 2.03. The first-order chi connectivity index (χ1) is 6.45. The van der Waals surface area contributed by atoms with Crippen molar-refractivity contribution in [2.24, 2.45) is 0 Å². The Bertz CT molecular complexity index is 161. The van der Waals surface area contributed by atoms with Crippen LogP contribution in [0.25, 0.3) is 0 Å². The first-order valence-electron chi connectivity index (χ1n) is 5.28. The number of carbonyl (C=O) groups excluding carboxylic acids is 1. The van der Waals surface area contributed by atoms with E-state index in [1.165, 1.54) is 0 Å². The minimum atomic E-state index is -0.345. The standard InChI is InChI=1S/C11H22O2S/c1-11(2,3)13-10(12)8-6-4-5-7-9-14/h14H,4-9H2,1-3H3. The minimum absolute atomic E-state index is 0.0802. The molecule has 84 valence electrons. The molecule has 0 spiro atoms. The van der Waals surface area contributed by atoms with Crippen LogP contribution in [-0.4, -0.2) is 17.3 Å². The van der Waals surface area contributed by atoms with Gasteiger partial charge in [-0.05, 0) is 39.4 Å². The Morgan fingerprint density at radius 2 is 1.71 bits per heavy atom. The summed E-state index contributed by atoms with van der Waals surface area (Å²) >= 11 is 4.13. The molecule has 0 aliphatic rings. The van der Waals surface area contributed by atoms with Gasteiger partial charge in [-0.2, -0.15) is 12.6 Å². The summed E-state index contributed by atoms with van der Waals surface area (Å²) in [5.74, 6) is 0.857. The number of esters is 1. The highest BCUT2D eigenvalue weighted by atomic mass is 32.1. The number of carbonyl (C=O) groups is 1. The van der Waals surface area contributed by atoms with Crippen LogP contribution in [-0.2, 0) is 9.53 Å². The molecule has 0 saturated heterocycles. The summed E-state index contributed by atoms with van der Waals surface area (Å²) in [4.78, 5) is 11.3. The molecule has 0 aromatic heterocycles. The molecule has 0 unspecified atom stereocenters. The van der Waals surface area contributed by atoms with Crippen molar-refractivity contribution >= 4 is 18.6 Å². The molecule has 0 rings (SSSR count). The molecule has 0 radical (unpaired) electrons. The highest BCUT2D eigenvalue weighted by Gasteiger charge is 2.15. The molecule has 0 aromatic rings. The predicted octanol–water partition coefficient (Wildman–Crippen LogP) is 3.21. The van der Waals surface area contributed by atoms with Gasteiger partial charge in [-0.1, -0.05) is 12.8 Å². The molecule has 0 atom stereocenters. The summed E-state index contributed by atoms with van der Waals surface area (Å²) in [7, 11) is 0. The minimum Gasteiger partial charge on any atom is -0.460 e. The van der Waals surface area contributed by atoms with Crippen LogP contribution in [0.2, 0.25) is 0 Å². The maximum atomic E-state index is 11.3. The van der Waals surface area contributed by atoms with Crippen molar-refractivity contribution < 1.29 is 9.53 Å². The van der Waals surface area contributed by atoms with E-state index >= 15 is 0 Å². The predicted molar refractivity (Wildman–Crippen MR) is 62.8 cm³/mol. The van der Waals surface area contributed by atoms with Gasteiger partial charge >= 0.3 is 5.97 Å². The Balaban J connectivity index is 3.36. The molecular formula is C11H22O2S. The lowest BCUT2D eigenvalue weighted by Crippen LogP contribution is -2.23. The van der Waals surface area contributed by atoms with Gasteiger partial charge in [0.1, 0.15) is 5.60 Å². The van der Waals surface area contributed by atoms with Crippen molar-refractivity contribution in [3.63, 3.8) is 0 Å². The van der Waals surface area contributed by atoms with Gasteiger partial charge in [-0.3, -0.25) is 4.79 Å². The third kappa shape index (κ3) is 9.90. The number of hydrogen-bond acceptors (Lipinski definition) is 3. The second-order valence-electron chi connectivity index (χ2n) is 4.47. The summed E-state index contributed by atoms with van der Waals surface area (Å²) < 4.78 is 5.19. The lowest BCUT2D eigenvalue weighted by Gasteiger charge is -2.19. The average Bonchev–Trinajstić information content (AvgIpc) is 2.00. The third-order valence-electron chi connectivity index (χ3n) is 1.71. The van der Waals surface area contributed by atoms with Gasteiger partial charge in [0.15, 0.2) is 0 Å². The van der Waals surface area contributed by atoms with Crippen molar-refractivity contribution in [3.05, 3.63) is 0 Å². The average molecular weight is 218 g/mol. The second-order valence-corrected chi connectivity index (χ2v) is 4.92. The second kappa shape index (κ2) is 7.16.